The molecule has 0 aliphatic carbocycles. The first-order valence-electron chi connectivity index (χ1n) is 11.9. The van der Waals surface area contributed by atoms with Crippen LogP contribution in [0.4, 0.5) is 10.5 Å². The van der Waals surface area contributed by atoms with Gasteiger partial charge in [-0.25, -0.2) is 16.2 Å². The number of nitrogens with two attached hydrogens (primary N) is 1. The molecule has 10 nitrogen and oxygen atoms in total. The molecule has 2 saturated heterocycles. The molecule has 0 radical (unpaired) electrons. The lowest BCUT2D eigenvalue weighted by molar-refractivity contribution is -0.0156. The van der Waals surface area contributed by atoms with Gasteiger partial charge in [0.2, 0.25) is 0 Å². The molecule has 33 heavy (non-hydrogen) atoms. The van der Waals surface area contributed by atoms with E-state index in [9.17, 15) is 15.0 Å². The first-order valence-corrected chi connectivity index (χ1v) is 11.9. The molecule has 6 N–H and O–H groups in total. The number of likely N-dealkylation sites (tertiary alicyclic amines) is 2. The molecule has 10 heteroatoms. The lowest BCUT2D eigenvalue weighted by atomic mass is 10.1. The summed E-state index contributed by atoms with van der Waals surface area (Å²) in [5, 5.41) is 21.9. The van der Waals surface area contributed by atoms with Crippen LogP contribution in [0.3, 0.4) is 0 Å². The van der Waals surface area contributed by atoms with E-state index in [4.69, 9.17) is 10.7 Å². The molecule has 2 heterocycles. The van der Waals surface area contributed by atoms with Crippen LogP contribution in [0.1, 0.15) is 38.5 Å². The molecule has 0 aromatic heterocycles. The number of para-hydroxylation sites is 1. The number of nitrogens with zero attached hydrogens (tertiary/aromatic N) is 2. The molecule has 2 atom stereocenters. The van der Waals surface area contributed by atoms with E-state index in [1.807, 2.05) is 18.2 Å². The zero-order valence-electron chi connectivity index (χ0n) is 19.5. The Hall–Kier alpha value is -1.79. The topological polar surface area (TPSA) is 133 Å². The number of hydroxylamine groups is 1. The Labute approximate surface area is 196 Å². The van der Waals surface area contributed by atoms with Gasteiger partial charge in [-0.2, -0.15) is 0 Å². The zero-order valence-corrected chi connectivity index (χ0v) is 19.5. The fourth-order valence-electron chi connectivity index (χ4n) is 3.98. The number of amides is 2. The average molecular weight is 468 g/mol. The average Bonchev–Trinajstić information content (AvgIpc) is 2.81. The van der Waals surface area contributed by atoms with Crippen molar-refractivity contribution < 1.29 is 24.7 Å². The summed E-state index contributed by atoms with van der Waals surface area (Å²) in [7, 11) is 0. The van der Waals surface area contributed by atoms with E-state index in [0.29, 0.717) is 18.8 Å². The molecule has 0 saturated carbocycles. The number of nitrogens with one attached hydrogen (secondary N) is 2. The van der Waals surface area contributed by atoms with Crippen LogP contribution in [-0.2, 0) is 9.68 Å². The predicted octanol–water partition coefficient (Wildman–Crippen LogP) is 1.31. The van der Waals surface area contributed by atoms with Crippen LogP contribution in [0.2, 0.25) is 0 Å². The number of rotatable bonds is 10. The molecule has 2 aliphatic heterocycles. The molecule has 0 spiro atoms. The Morgan fingerprint density at radius 1 is 0.879 bits per heavy atom. The number of piperidine rings is 2. The smallest absolute Gasteiger partial charge is 0.343 e. The highest BCUT2D eigenvalue weighted by Crippen LogP contribution is 2.09. The summed E-state index contributed by atoms with van der Waals surface area (Å²) >= 11 is 0. The van der Waals surface area contributed by atoms with E-state index < -0.39 is 18.2 Å². The fourth-order valence-corrected chi connectivity index (χ4v) is 3.98. The maximum atomic E-state index is 11.5. The van der Waals surface area contributed by atoms with Gasteiger partial charge in [0.15, 0.2) is 0 Å². The molecule has 2 aliphatic rings. The summed E-state index contributed by atoms with van der Waals surface area (Å²) in [6, 6.07) is 8.65. The molecule has 0 bridgehead atoms. The van der Waals surface area contributed by atoms with Crippen molar-refractivity contribution in [2.75, 3.05) is 57.8 Å². The highest BCUT2D eigenvalue weighted by Gasteiger charge is 2.15. The van der Waals surface area contributed by atoms with Crippen molar-refractivity contribution in [1.82, 2.24) is 15.3 Å². The number of aliphatic hydroxyl groups excluding tert-OH is 2. The molecule has 2 unspecified atom stereocenters. The summed E-state index contributed by atoms with van der Waals surface area (Å²) < 4.78 is 0. The van der Waals surface area contributed by atoms with Crippen molar-refractivity contribution >= 4 is 11.7 Å². The molecular weight excluding hydrogens is 426 g/mol. The van der Waals surface area contributed by atoms with Gasteiger partial charge in [0.05, 0.1) is 18.8 Å². The Morgan fingerprint density at radius 3 is 1.91 bits per heavy atom. The van der Waals surface area contributed by atoms with Crippen LogP contribution < -0.4 is 16.7 Å². The minimum Gasteiger partial charge on any atom is -0.389 e. The quantitative estimate of drug-likeness (QED) is 0.325. The van der Waals surface area contributed by atoms with Gasteiger partial charge >= 0.3 is 6.03 Å². The Bertz CT molecular complexity index is 627. The van der Waals surface area contributed by atoms with E-state index in [1.54, 1.807) is 12.1 Å². The van der Waals surface area contributed by atoms with Gasteiger partial charge in [-0.05, 0) is 64.0 Å². The number of hydrogen-bond donors (Lipinski definition) is 5. The van der Waals surface area contributed by atoms with Crippen molar-refractivity contribution in [2.45, 2.75) is 50.7 Å². The highest BCUT2D eigenvalue weighted by atomic mass is 16.7. The minimum atomic E-state index is -0.597. The van der Waals surface area contributed by atoms with Crippen LogP contribution in [-0.4, -0.2) is 90.7 Å². The van der Waals surface area contributed by atoms with Crippen molar-refractivity contribution in [1.29, 1.82) is 0 Å². The Morgan fingerprint density at radius 2 is 1.39 bits per heavy atom. The maximum absolute atomic E-state index is 11.5. The van der Waals surface area contributed by atoms with E-state index >= 15 is 0 Å². The number of carbonyl (C=O) groups is 1. The third-order valence-electron chi connectivity index (χ3n) is 5.60. The molecule has 1 aromatic carbocycles. The number of carbonyl (C=O) groups excluding carboxylic acids is 1. The fraction of sp³-hybridized carbons (Fsp3) is 0.696. The Kier molecular flexibility index (Phi) is 13.9. The van der Waals surface area contributed by atoms with Crippen LogP contribution >= 0.6 is 0 Å². The van der Waals surface area contributed by atoms with Gasteiger partial charge in [-0.1, -0.05) is 31.0 Å². The lowest BCUT2D eigenvalue weighted by Gasteiger charge is -2.28. The van der Waals surface area contributed by atoms with Gasteiger partial charge in [0.25, 0.3) is 0 Å². The monoisotopic (exact) mass is 467 g/mol. The normalized spacial score (nSPS) is 19.1. The van der Waals surface area contributed by atoms with Gasteiger partial charge in [-0.3, -0.25) is 4.84 Å². The van der Waals surface area contributed by atoms with E-state index in [1.165, 1.54) is 38.5 Å². The number of aliphatic hydroxyl groups is 2. The van der Waals surface area contributed by atoms with Crippen molar-refractivity contribution in [3.8, 4) is 0 Å². The molecule has 1 aromatic rings. The molecule has 2 amide bonds. The van der Waals surface area contributed by atoms with Crippen LogP contribution in [0, 0.1) is 0 Å². The minimum absolute atomic E-state index is 0.0821. The summed E-state index contributed by atoms with van der Waals surface area (Å²) in [6.07, 6.45) is 6.42. The zero-order chi connectivity index (χ0) is 23.7. The third-order valence-corrected chi connectivity index (χ3v) is 5.60. The standard InChI is InChI=1S/C15H23N3O3.C8H18N2O2/c19-14(11-18-9-5-2-6-10-18)12-21-17-15(20)16-13-7-3-1-4-8-13;9-12-7-8(11)6-10-4-2-1-3-5-10/h1,3-4,7-8,14,19H,2,5-6,9-12H2,(H2,16,17,20);8,11H,1-7,9H2. The van der Waals surface area contributed by atoms with Crippen LogP contribution in [0.5, 0.6) is 0 Å². The van der Waals surface area contributed by atoms with Crippen molar-refractivity contribution in [3.05, 3.63) is 30.3 Å². The van der Waals surface area contributed by atoms with Crippen LogP contribution in [0.25, 0.3) is 0 Å². The number of β-amino-alcohol motifs (C(OH)–C–C–N with tert-alkyl or cyclic N) is 2. The summed E-state index contributed by atoms with van der Waals surface area (Å²) in [6.45, 7) is 5.84. The molecular formula is C23H41N5O5. The largest absolute Gasteiger partial charge is 0.389 e. The second-order valence-corrected chi connectivity index (χ2v) is 8.60. The Balaban J connectivity index is 0.000000273. The van der Waals surface area contributed by atoms with Gasteiger partial charge in [-0.15, -0.1) is 0 Å². The first kappa shape index (κ1) is 27.5. The predicted molar refractivity (Wildman–Crippen MR) is 127 cm³/mol. The number of hydrogen-bond acceptors (Lipinski definition) is 8. The number of benzene rings is 1. The number of anilines is 1. The second kappa shape index (κ2) is 16.8. The van der Waals surface area contributed by atoms with Gasteiger partial charge < -0.3 is 30.2 Å². The number of urea groups is 1. The SMILES string of the molecule is NOCC(O)CN1CCCCC1.O=C(NOCC(O)CN1CCCCC1)Nc1ccccc1. The highest BCUT2D eigenvalue weighted by molar-refractivity contribution is 5.88. The molecule has 188 valence electrons. The van der Waals surface area contributed by atoms with E-state index in [2.05, 4.69) is 25.4 Å². The van der Waals surface area contributed by atoms with E-state index in [0.717, 1.165) is 26.2 Å². The van der Waals surface area contributed by atoms with Gasteiger partial charge in [0.1, 0.15) is 6.61 Å². The second-order valence-electron chi connectivity index (χ2n) is 8.60. The summed E-state index contributed by atoms with van der Waals surface area (Å²) in [5.41, 5.74) is 2.96. The third kappa shape index (κ3) is 12.9. The lowest BCUT2D eigenvalue weighted by Crippen LogP contribution is -2.40. The molecule has 3 rings (SSSR count). The van der Waals surface area contributed by atoms with E-state index in [-0.39, 0.29) is 13.2 Å². The maximum Gasteiger partial charge on any atom is 0.343 e. The van der Waals surface area contributed by atoms with Crippen molar-refractivity contribution in [3.63, 3.8) is 0 Å². The summed E-state index contributed by atoms with van der Waals surface area (Å²) in [4.78, 5) is 25.4. The first-order chi connectivity index (χ1) is 16.1. The van der Waals surface area contributed by atoms with Gasteiger partial charge in [0, 0.05) is 18.8 Å². The summed E-state index contributed by atoms with van der Waals surface area (Å²) in [5.74, 6) is 4.86. The van der Waals surface area contributed by atoms with Crippen molar-refractivity contribution in [2.24, 2.45) is 5.90 Å². The van der Waals surface area contributed by atoms with Crippen LogP contribution in [0.15, 0.2) is 30.3 Å². The molecule has 2 fully saturated rings.